The number of halogens is 1. The lowest BCUT2D eigenvalue weighted by Crippen LogP contribution is -2.44. The van der Waals surface area contributed by atoms with Gasteiger partial charge in [-0.2, -0.15) is 0 Å². The van der Waals surface area contributed by atoms with Crippen LogP contribution in [0.3, 0.4) is 0 Å². The van der Waals surface area contributed by atoms with Gasteiger partial charge in [0, 0.05) is 5.69 Å². The number of hydrogen-bond acceptors (Lipinski definition) is 4. The Morgan fingerprint density at radius 2 is 1.77 bits per heavy atom. The number of imidazole rings is 1. The number of anilines is 1. The fourth-order valence-electron chi connectivity index (χ4n) is 3.60. The highest BCUT2D eigenvalue weighted by Crippen LogP contribution is 2.32. The molecule has 1 atom stereocenters. The van der Waals surface area contributed by atoms with E-state index in [0.29, 0.717) is 22.3 Å². The monoisotopic (exact) mass is 411 g/mol. The molecule has 2 heterocycles. The van der Waals surface area contributed by atoms with E-state index in [-0.39, 0.29) is 12.1 Å². The van der Waals surface area contributed by atoms with Crippen LogP contribution in [0.5, 0.6) is 0 Å². The molecule has 154 valence electrons. The third-order valence-corrected chi connectivity index (χ3v) is 5.14. The maximum atomic E-state index is 13.3. The molecule has 1 fully saturated rings. The molecule has 1 aliphatic rings. The van der Waals surface area contributed by atoms with E-state index in [4.69, 9.17) is 0 Å². The Morgan fingerprint density at radius 3 is 2.47 bits per heavy atom. The van der Waals surface area contributed by atoms with Crippen molar-refractivity contribution in [2.45, 2.75) is 18.9 Å². The van der Waals surface area contributed by atoms with E-state index in [9.17, 15) is 23.6 Å². The van der Waals surface area contributed by atoms with Crippen molar-refractivity contribution >= 4 is 34.6 Å². The van der Waals surface area contributed by atoms with Gasteiger partial charge in [-0.3, -0.25) is 14.5 Å². The first-order chi connectivity index (χ1) is 14.3. The van der Waals surface area contributed by atoms with Crippen LogP contribution in [0.4, 0.5) is 14.9 Å². The van der Waals surface area contributed by atoms with Gasteiger partial charge in [-0.1, -0.05) is 19.1 Å². The second kappa shape index (κ2) is 7.14. The number of aromatic nitrogens is 2. The summed E-state index contributed by atoms with van der Waals surface area (Å²) in [4.78, 5) is 55.3. The van der Waals surface area contributed by atoms with Crippen molar-refractivity contribution < 1.29 is 18.8 Å². The van der Waals surface area contributed by atoms with E-state index >= 15 is 0 Å². The number of aromatic amines is 2. The zero-order valence-electron chi connectivity index (χ0n) is 15.9. The van der Waals surface area contributed by atoms with E-state index in [1.165, 1.54) is 24.3 Å². The first-order valence-electron chi connectivity index (χ1n) is 9.24. The molecule has 0 radical (unpaired) electrons. The molecule has 0 bridgehead atoms. The highest BCUT2D eigenvalue weighted by molar-refractivity contribution is 6.10. The fraction of sp³-hybridized carbons (Fsp3) is 0.200. The van der Waals surface area contributed by atoms with E-state index in [1.807, 2.05) is 0 Å². The average Bonchev–Trinajstić information content (AvgIpc) is 3.20. The molecule has 9 nitrogen and oxygen atoms in total. The van der Waals surface area contributed by atoms with Crippen molar-refractivity contribution in [1.29, 1.82) is 0 Å². The quantitative estimate of drug-likeness (QED) is 0.477. The summed E-state index contributed by atoms with van der Waals surface area (Å²) in [7, 11) is 0. The molecule has 1 aliphatic heterocycles. The topological polar surface area (TPSA) is 127 Å². The van der Waals surface area contributed by atoms with Gasteiger partial charge in [0.1, 0.15) is 17.9 Å². The number of nitrogens with one attached hydrogen (secondary N) is 4. The molecule has 1 aromatic heterocycles. The van der Waals surface area contributed by atoms with Gasteiger partial charge in [0.15, 0.2) is 0 Å². The van der Waals surface area contributed by atoms with E-state index in [1.54, 1.807) is 25.1 Å². The Hall–Kier alpha value is -3.95. The summed E-state index contributed by atoms with van der Waals surface area (Å²) in [5.74, 6) is -1.62. The minimum atomic E-state index is -1.35. The first-order valence-corrected chi connectivity index (χ1v) is 9.24. The van der Waals surface area contributed by atoms with Crippen molar-refractivity contribution in [2.24, 2.45) is 0 Å². The van der Waals surface area contributed by atoms with Gasteiger partial charge in [0.25, 0.3) is 5.91 Å². The smallest absolute Gasteiger partial charge is 0.324 e. The normalized spacial score (nSPS) is 18.7. The molecule has 0 saturated carbocycles. The lowest BCUT2D eigenvalue weighted by molar-refractivity contribution is -0.134. The SMILES string of the molecule is CC[C@]1(c2ccc(F)cc2)NC(=O)N(CC(=O)Nc2ccc3[nH]c(=O)[nH]c3c2)C1=O. The second-order valence-corrected chi connectivity index (χ2v) is 6.97. The number of nitrogens with zero attached hydrogens (tertiary/aromatic N) is 1. The van der Waals surface area contributed by atoms with E-state index in [0.717, 1.165) is 4.90 Å². The molecule has 4 amide bonds. The maximum Gasteiger partial charge on any atom is 0.325 e. The van der Waals surface area contributed by atoms with Gasteiger partial charge in [-0.05, 0) is 42.3 Å². The van der Waals surface area contributed by atoms with Crippen LogP contribution in [0.25, 0.3) is 11.0 Å². The number of carbonyl (C=O) groups excluding carboxylic acids is 3. The molecule has 10 heteroatoms. The summed E-state index contributed by atoms with van der Waals surface area (Å²) in [5, 5.41) is 5.25. The molecule has 0 spiro atoms. The van der Waals surface area contributed by atoms with Crippen LogP contribution in [-0.2, 0) is 15.1 Å². The zero-order chi connectivity index (χ0) is 21.5. The Bertz CT molecular complexity index is 1220. The first kappa shape index (κ1) is 19.4. The van der Waals surface area contributed by atoms with Crippen molar-refractivity contribution in [3.8, 4) is 0 Å². The Morgan fingerprint density at radius 1 is 1.07 bits per heavy atom. The summed E-state index contributed by atoms with van der Waals surface area (Å²) >= 11 is 0. The summed E-state index contributed by atoms with van der Waals surface area (Å²) < 4.78 is 13.3. The number of imide groups is 1. The minimum Gasteiger partial charge on any atom is -0.324 e. The number of amides is 4. The summed E-state index contributed by atoms with van der Waals surface area (Å²) in [5.41, 5.74) is 0.205. The summed E-state index contributed by atoms with van der Waals surface area (Å²) in [6.07, 6.45) is 0.235. The molecule has 2 aromatic carbocycles. The molecule has 0 aliphatic carbocycles. The van der Waals surface area contributed by atoms with Crippen molar-refractivity contribution in [3.63, 3.8) is 0 Å². The molecule has 0 unspecified atom stereocenters. The van der Waals surface area contributed by atoms with E-state index in [2.05, 4.69) is 20.6 Å². The van der Waals surface area contributed by atoms with Crippen LogP contribution in [0, 0.1) is 5.82 Å². The van der Waals surface area contributed by atoms with Crippen molar-refractivity contribution in [2.75, 3.05) is 11.9 Å². The van der Waals surface area contributed by atoms with Crippen LogP contribution in [0.15, 0.2) is 47.3 Å². The lowest BCUT2D eigenvalue weighted by atomic mass is 9.87. The minimum absolute atomic E-state index is 0.235. The molecule has 30 heavy (non-hydrogen) atoms. The molecule has 1 saturated heterocycles. The Balaban J connectivity index is 1.52. The Labute approximate surface area is 169 Å². The summed E-state index contributed by atoms with van der Waals surface area (Å²) in [6.45, 7) is 1.23. The second-order valence-electron chi connectivity index (χ2n) is 6.97. The standard InChI is InChI=1S/C20H18FN5O4/c1-2-20(11-3-5-12(21)6-4-11)17(28)26(19(30)25-20)10-16(27)22-13-7-8-14-15(9-13)24-18(29)23-14/h3-9H,2,10H2,1H3,(H,22,27)(H,25,30)(H2,23,24,29)/t20-/m1/s1. The van der Waals surface area contributed by atoms with E-state index < -0.39 is 35.7 Å². The number of H-pyrrole nitrogens is 2. The predicted molar refractivity (Wildman–Crippen MR) is 106 cm³/mol. The third-order valence-electron chi connectivity index (χ3n) is 5.14. The Kier molecular flexibility index (Phi) is 4.61. The van der Waals surface area contributed by atoms with Gasteiger partial charge < -0.3 is 20.6 Å². The van der Waals surface area contributed by atoms with Gasteiger partial charge in [-0.25, -0.2) is 14.0 Å². The fourth-order valence-corrected chi connectivity index (χ4v) is 3.60. The third kappa shape index (κ3) is 3.21. The zero-order valence-corrected chi connectivity index (χ0v) is 15.9. The van der Waals surface area contributed by atoms with Crippen LogP contribution < -0.4 is 16.3 Å². The number of urea groups is 1. The summed E-state index contributed by atoms with van der Waals surface area (Å²) in [6, 6.07) is 9.36. The van der Waals surface area contributed by atoms with Crippen LogP contribution >= 0.6 is 0 Å². The number of benzene rings is 2. The maximum absolute atomic E-state index is 13.3. The molecular weight excluding hydrogens is 393 g/mol. The van der Waals surface area contributed by atoms with Crippen LogP contribution in [-0.4, -0.2) is 39.3 Å². The number of carbonyl (C=O) groups is 3. The van der Waals surface area contributed by atoms with Gasteiger partial charge in [0.05, 0.1) is 11.0 Å². The number of fused-ring (bicyclic) bond motifs is 1. The molecular formula is C20H18FN5O4. The highest BCUT2D eigenvalue weighted by Gasteiger charge is 2.51. The number of hydrogen-bond donors (Lipinski definition) is 4. The average molecular weight is 411 g/mol. The molecule has 4 rings (SSSR count). The lowest BCUT2D eigenvalue weighted by Gasteiger charge is -2.25. The van der Waals surface area contributed by atoms with Crippen LogP contribution in [0.1, 0.15) is 18.9 Å². The van der Waals surface area contributed by atoms with Crippen molar-refractivity contribution in [1.82, 2.24) is 20.2 Å². The van der Waals surface area contributed by atoms with Crippen molar-refractivity contribution in [3.05, 3.63) is 64.3 Å². The largest absolute Gasteiger partial charge is 0.325 e. The predicted octanol–water partition coefficient (Wildman–Crippen LogP) is 1.79. The highest BCUT2D eigenvalue weighted by atomic mass is 19.1. The van der Waals surface area contributed by atoms with Gasteiger partial charge >= 0.3 is 11.7 Å². The van der Waals surface area contributed by atoms with Gasteiger partial charge in [-0.15, -0.1) is 0 Å². The molecule has 3 aromatic rings. The van der Waals surface area contributed by atoms with Crippen LogP contribution in [0.2, 0.25) is 0 Å². The molecule has 4 N–H and O–H groups in total. The number of rotatable bonds is 5. The van der Waals surface area contributed by atoms with Gasteiger partial charge in [0.2, 0.25) is 5.91 Å².